The molecule has 0 unspecified atom stereocenters. The number of fused-ring (bicyclic) bond motifs is 1. The minimum atomic E-state index is -3.74. The Morgan fingerprint density at radius 1 is 1.03 bits per heavy atom. The summed E-state index contributed by atoms with van der Waals surface area (Å²) in [5, 5.41) is 3.05. The summed E-state index contributed by atoms with van der Waals surface area (Å²) < 4.78 is 28.5. The lowest BCUT2D eigenvalue weighted by molar-refractivity contribution is -0.126. The fourth-order valence-electron chi connectivity index (χ4n) is 5.31. The van der Waals surface area contributed by atoms with Gasteiger partial charge in [-0.05, 0) is 75.3 Å². The Hall–Kier alpha value is -2.71. The molecule has 2 aromatic rings. The molecule has 2 amide bonds. The van der Waals surface area contributed by atoms with Crippen molar-refractivity contribution in [2.75, 3.05) is 18.0 Å². The predicted molar refractivity (Wildman–Crippen MR) is 134 cm³/mol. The minimum absolute atomic E-state index is 0.0331. The van der Waals surface area contributed by atoms with E-state index in [-0.39, 0.29) is 47.2 Å². The average Bonchev–Trinajstić information content (AvgIpc) is 3.66. The van der Waals surface area contributed by atoms with E-state index in [0.29, 0.717) is 25.8 Å². The van der Waals surface area contributed by atoms with Gasteiger partial charge in [-0.3, -0.25) is 9.59 Å². The van der Waals surface area contributed by atoms with Gasteiger partial charge in [-0.1, -0.05) is 30.3 Å². The number of nitrogens with zero attached hydrogens (tertiary/aromatic N) is 2. The molecule has 8 heteroatoms. The summed E-state index contributed by atoms with van der Waals surface area (Å²) in [6.45, 7) is 4.53. The Labute approximate surface area is 207 Å². The van der Waals surface area contributed by atoms with E-state index >= 15 is 0 Å². The molecule has 0 aromatic heterocycles. The molecule has 3 atom stereocenters. The summed E-state index contributed by atoms with van der Waals surface area (Å²) in [6, 6.07) is 14.8. The van der Waals surface area contributed by atoms with E-state index in [0.717, 1.165) is 29.7 Å². The van der Waals surface area contributed by atoms with Crippen LogP contribution in [0.3, 0.4) is 0 Å². The maximum atomic E-state index is 13.5. The largest absolute Gasteiger partial charge is 0.349 e. The van der Waals surface area contributed by atoms with Crippen LogP contribution in [0.1, 0.15) is 56.7 Å². The van der Waals surface area contributed by atoms with Gasteiger partial charge in [-0.15, -0.1) is 0 Å². The van der Waals surface area contributed by atoms with Gasteiger partial charge >= 0.3 is 0 Å². The molecular formula is C27H33N3O4S. The Bertz CT molecular complexity index is 1230. The molecule has 2 heterocycles. The average molecular weight is 496 g/mol. The third kappa shape index (κ3) is 4.74. The smallest absolute Gasteiger partial charge is 0.243 e. The first-order chi connectivity index (χ1) is 16.8. The van der Waals surface area contributed by atoms with Gasteiger partial charge in [-0.25, -0.2) is 8.42 Å². The van der Waals surface area contributed by atoms with Crippen LogP contribution in [0.25, 0.3) is 0 Å². The summed E-state index contributed by atoms with van der Waals surface area (Å²) in [4.78, 5) is 27.8. The highest BCUT2D eigenvalue weighted by Gasteiger charge is 2.40. The van der Waals surface area contributed by atoms with Gasteiger partial charge in [-0.2, -0.15) is 4.31 Å². The lowest BCUT2D eigenvalue weighted by Crippen LogP contribution is -2.45. The lowest BCUT2D eigenvalue weighted by Gasteiger charge is -2.32. The van der Waals surface area contributed by atoms with Crippen LogP contribution < -0.4 is 10.2 Å². The van der Waals surface area contributed by atoms with Crippen LogP contribution in [0.4, 0.5) is 5.69 Å². The van der Waals surface area contributed by atoms with Crippen LogP contribution in [0.2, 0.25) is 0 Å². The summed E-state index contributed by atoms with van der Waals surface area (Å²) in [7, 11) is -3.74. The van der Waals surface area contributed by atoms with E-state index in [2.05, 4.69) is 5.32 Å². The molecular weight excluding hydrogens is 462 g/mol. The molecule has 1 aliphatic carbocycles. The molecule has 2 aromatic carbocycles. The van der Waals surface area contributed by atoms with E-state index in [4.69, 9.17) is 0 Å². The summed E-state index contributed by atoms with van der Waals surface area (Å²) in [5.74, 6) is -0.224. The fourth-order valence-corrected chi connectivity index (χ4v) is 6.89. The van der Waals surface area contributed by atoms with E-state index in [1.807, 2.05) is 49.1 Å². The predicted octanol–water partition coefficient (Wildman–Crippen LogP) is 3.65. The van der Waals surface area contributed by atoms with Crippen molar-refractivity contribution >= 4 is 27.5 Å². The van der Waals surface area contributed by atoms with Crippen molar-refractivity contribution in [1.29, 1.82) is 0 Å². The van der Waals surface area contributed by atoms with E-state index in [1.165, 1.54) is 4.31 Å². The van der Waals surface area contributed by atoms with Gasteiger partial charge in [0.1, 0.15) is 0 Å². The fraction of sp³-hybridized carbons (Fsp3) is 0.481. The highest BCUT2D eigenvalue weighted by Crippen LogP contribution is 2.40. The second-order valence-electron chi connectivity index (χ2n) is 10.2. The van der Waals surface area contributed by atoms with Crippen molar-refractivity contribution in [3.05, 3.63) is 59.7 Å². The number of sulfonamides is 1. The number of hydrogen-bond acceptors (Lipinski definition) is 4. The molecule has 7 nitrogen and oxygen atoms in total. The number of benzene rings is 2. The maximum Gasteiger partial charge on any atom is 0.243 e. The molecule has 2 fully saturated rings. The number of anilines is 1. The van der Waals surface area contributed by atoms with Gasteiger partial charge in [0.05, 0.1) is 16.9 Å². The zero-order valence-corrected chi connectivity index (χ0v) is 21.1. The Morgan fingerprint density at radius 3 is 2.49 bits per heavy atom. The van der Waals surface area contributed by atoms with Gasteiger partial charge in [0.15, 0.2) is 0 Å². The van der Waals surface area contributed by atoms with Crippen LogP contribution in [-0.2, 0) is 26.0 Å². The van der Waals surface area contributed by atoms with Crippen LogP contribution in [0.5, 0.6) is 0 Å². The molecule has 0 bridgehead atoms. The number of carbonyl (C=O) groups excluding carboxylic acids is 2. The SMILES string of the molecule is C[C@H](NC(=O)[C@H]1CCCN(S(=O)(=O)c2ccc3c(c2)C[C@H](C)N3C(=O)C2CC2)C1)c1ccccc1. The van der Waals surface area contributed by atoms with E-state index < -0.39 is 10.0 Å². The van der Waals surface area contributed by atoms with Gasteiger partial charge in [0.25, 0.3) is 0 Å². The first-order valence-electron chi connectivity index (χ1n) is 12.6. The van der Waals surface area contributed by atoms with Crippen LogP contribution >= 0.6 is 0 Å². The molecule has 1 saturated carbocycles. The van der Waals surface area contributed by atoms with E-state index in [1.54, 1.807) is 18.2 Å². The monoisotopic (exact) mass is 495 g/mol. The maximum absolute atomic E-state index is 13.5. The standard InChI is InChI=1S/C27H33N3O4S/c1-18-15-23-16-24(12-13-25(23)30(18)27(32)21-10-11-21)35(33,34)29-14-6-9-22(17-29)26(31)28-19(2)20-7-4-3-5-8-20/h3-5,7-8,12-13,16,18-19,21-22H,6,9-11,14-15,17H2,1-2H3,(H,28,31)/t18-,19-,22-/m0/s1. The molecule has 1 N–H and O–H groups in total. The molecule has 3 aliphatic rings. The Balaban J connectivity index is 1.29. The van der Waals surface area contributed by atoms with Gasteiger partial charge < -0.3 is 10.2 Å². The molecule has 1 saturated heterocycles. The summed E-state index contributed by atoms with van der Waals surface area (Å²) in [5.41, 5.74) is 2.75. The van der Waals surface area contributed by atoms with E-state index in [9.17, 15) is 18.0 Å². The molecule has 0 spiro atoms. The molecule has 0 radical (unpaired) electrons. The normalized spacial score (nSPS) is 23.5. The number of amides is 2. The first kappa shape index (κ1) is 24.0. The second kappa shape index (κ2) is 9.39. The first-order valence-corrected chi connectivity index (χ1v) is 14.0. The number of hydrogen-bond donors (Lipinski definition) is 1. The summed E-state index contributed by atoms with van der Waals surface area (Å²) >= 11 is 0. The quantitative estimate of drug-likeness (QED) is 0.663. The van der Waals surface area contributed by atoms with Crippen LogP contribution in [-0.4, -0.2) is 43.7 Å². The van der Waals surface area contributed by atoms with Crippen molar-refractivity contribution in [3.8, 4) is 0 Å². The van der Waals surface area contributed by atoms with Crippen molar-refractivity contribution in [1.82, 2.24) is 9.62 Å². The van der Waals surface area contributed by atoms with Crippen molar-refractivity contribution in [3.63, 3.8) is 0 Å². The Kier molecular flexibility index (Phi) is 6.44. The number of nitrogens with one attached hydrogen (secondary N) is 1. The second-order valence-corrected chi connectivity index (χ2v) is 12.1. The zero-order chi connectivity index (χ0) is 24.7. The highest BCUT2D eigenvalue weighted by atomic mass is 32.2. The topological polar surface area (TPSA) is 86.8 Å². The van der Waals surface area contributed by atoms with Crippen LogP contribution in [0.15, 0.2) is 53.4 Å². The lowest BCUT2D eigenvalue weighted by atomic mass is 9.98. The number of rotatable bonds is 6. The van der Waals surface area contributed by atoms with Crippen molar-refractivity contribution in [2.45, 2.75) is 62.9 Å². The molecule has 35 heavy (non-hydrogen) atoms. The molecule has 186 valence electrons. The molecule has 2 aliphatic heterocycles. The number of piperidine rings is 1. The molecule has 5 rings (SSSR count). The van der Waals surface area contributed by atoms with Crippen molar-refractivity contribution < 1.29 is 18.0 Å². The highest BCUT2D eigenvalue weighted by molar-refractivity contribution is 7.89. The third-order valence-corrected chi connectivity index (χ3v) is 9.34. The van der Waals surface area contributed by atoms with Crippen molar-refractivity contribution in [2.24, 2.45) is 11.8 Å². The van der Waals surface area contributed by atoms with Gasteiger partial charge in [0, 0.05) is 30.7 Å². The Morgan fingerprint density at radius 2 is 1.77 bits per heavy atom. The van der Waals surface area contributed by atoms with Crippen LogP contribution in [0, 0.1) is 11.8 Å². The summed E-state index contributed by atoms with van der Waals surface area (Å²) in [6.07, 6.45) is 3.84. The zero-order valence-electron chi connectivity index (χ0n) is 20.3. The van der Waals surface area contributed by atoms with Gasteiger partial charge in [0.2, 0.25) is 21.8 Å². The minimum Gasteiger partial charge on any atom is -0.349 e. The third-order valence-electron chi connectivity index (χ3n) is 7.48. The number of carbonyl (C=O) groups is 2.